The third kappa shape index (κ3) is 3.92. The number of rotatable bonds is 4. The van der Waals surface area contributed by atoms with E-state index >= 15 is 0 Å². The summed E-state index contributed by atoms with van der Waals surface area (Å²) in [6, 6.07) is 0. The van der Waals surface area contributed by atoms with Gasteiger partial charge in [0.05, 0.1) is 0 Å². The average molecular weight is 226 g/mol. The van der Waals surface area contributed by atoms with Gasteiger partial charge in [0.2, 0.25) is 0 Å². The Hall–Kier alpha value is -0.330. The van der Waals surface area contributed by atoms with Crippen LogP contribution >= 0.6 is 0 Å². The van der Waals surface area contributed by atoms with Gasteiger partial charge in [-0.1, -0.05) is 55.4 Å². The fourth-order valence-corrected chi connectivity index (χ4v) is 2.35. The number of hydrogen-bond acceptors (Lipinski definition) is 1. The lowest BCUT2D eigenvalue weighted by Crippen LogP contribution is -2.43. The van der Waals surface area contributed by atoms with Crippen molar-refractivity contribution in [1.29, 1.82) is 0 Å². The minimum atomic E-state index is -0.207. The van der Waals surface area contributed by atoms with Crippen molar-refractivity contribution < 1.29 is 4.79 Å². The van der Waals surface area contributed by atoms with Crippen LogP contribution in [0.4, 0.5) is 0 Å². The van der Waals surface area contributed by atoms with Crippen LogP contribution < -0.4 is 0 Å². The molecular formula is C15H30O. The lowest BCUT2D eigenvalue weighted by atomic mass is 9.59. The van der Waals surface area contributed by atoms with E-state index in [-0.39, 0.29) is 16.2 Å². The zero-order valence-electron chi connectivity index (χ0n) is 12.5. The Bertz CT molecular complexity index is 239. The van der Waals surface area contributed by atoms with Crippen molar-refractivity contribution in [2.75, 3.05) is 0 Å². The van der Waals surface area contributed by atoms with Crippen molar-refractivity contribution in [2.24, 2.45) is 16.2 Å². The molecule has 0 bridgehead atoms. The van der Waals surface area contributed by atoms with E-state index in [0.717, 1.165) is 12.8 Å². The average Bonchev–Trinajstić information content (AvgIpc) is 1.99. The van der Waals surface area contributed by atoms with Gasteiger partial charge >= 0.3 is 0 Å². The van der Waals surface area contributed by atoms with Gasteiger partial charge in [-0.05, 0) is 23.7 Å². The molecule has 1 atom stereocenters. The summed E-state index contributed by atoms with van der Waals surface area (Å²) >= 11 is 0. The summed E-state index contributed by atoms with van der Waals surface area (Å²) in [7, 11) is 0. The van der Waals surface area contributed by atoms with Crippen LogP contribution in [0.5, 0.6) is 0 Å². The first-order chi connectivity index (χ1) is 6.94. The predicted molar refractivity (Wildman–Crippen MR) is 71.5 cm³/mol. The first-order valence-electron chi connectivity index (χ1n) is 6.47. The molecule has 0 radical (unpaired) electrons. The molecule has 1 heteroatoms. The minimum absolute atomic E-state index is 0.0343. The van der Waals surface area contributed by atoms with Gasteiger partial charge < -0.3 is 0 Å². The summed E-state index contributed by atoms with van der Waals surface area (Å²) in [6.07, 6.45) is 2.63. The number of ketones is 1. The number of hydrogen-bond donors (Lipinski definition) is 0. The third-order valence-electron chi connectivity index (χ3n) is 3.63. The zero-order valence-corrected chi connectivity index (χ0v) is 12.5. The van der Waals surface area contributed by atoms with Crippen molar-refractivity contribution in [3.05, 3.63) is 0 Å². The van der Waals surface area contributed by atoms with E-state index in [0.29, 0.717) is 12.2 Å². The lowest BCUT2D eigenvalue weighted by Gasteiger charge is -2.44. The van der Waals surface area contributed by atoms with Crippen molar-refractivity contribution in [1.82, 2.24) is 0 Å². The second kappa shape index (κ2) is 4.89. The minimum Gasteiger partial charge on any atom is -0.299 e. The molecule has 0 aromatic carbocycles. The highest BCUT2D eigenvalue weighted by Gasteiger charge is 2.45. The molecule has 0 heterocycles. The molecule has 16 heavy (non-hydrogen) atoms. The van der Waals surface area contributed by atoms with E-state index in [1.54, 1.807) is 0 Å². The van der Waals surface area contributed by atoms with Crippen LogP contribution in [-0.4, -0.2) is 5.78 Å². The monoisotopic (exact) mass is 226 g/mol. The number of carbonyl (C=O) groups excluding carboxylic acids is 1. The molecule has 0 spiro atoms. The molecule has 0 rings (SSSR count). The summed E-state index contributed by atoms with van der Waals surface area (Å²) in [5, 5.41) is 0. The van der Waals surface area contributed by atoms with Gasteiger partial charge in [-0.3, -0.25) is 4.79 Å². The lowest BCUT2D eigenvalue weighted by molar-refractivity contribution is -0.136. The molecule has 0 saturated heterocycles. The molecule has 1 nitrogen and oxygen atoms in total. The highest BCUT2D eigenvalue weighted by molar-refractivity contribution is 5.85. The normalized spacial score (nSPS) is 17.0. The quantitative estimate of drug-likeness (QED) is 0.670. The van der Waals surface area contributed by atoms with Crippen LogP contribution in [0.15, 0.2) is 0 Å². The van der Waals surface area contributed by atoms with E-state index < -0.39 is 0 Å². The Morgan fingerprint density at radius 3 is 1.62 bits per heavy atom. The molecule has 0 N–H and O–H groups in total. The molecule has 0 fully saturated rings. The number of Topliss-reactive ketones (excluding diaryl/α,β-unsaturated/α-hetero) is 1. The van der Waals surface area contributed by atoms with Gasteiger partial charge in [0, 0.05) is 11.8 Å². The smallest absolute Gasteiger partial charge is 0.139 e. The first kappa shape index (κ1) is 15.7. The molecule has 0 amide bonds. The van der Waals surface area contributed by atoms with E-state index in [2.05, 4.69) is 55.4 Å². The van der Waals surface area contributed by atoms with E-state index in [1.807, 2.05) is 0 Å². The molecule has 0 aliphatic rings. The van der Waals surface area contributed by atoms with Crippen LogP contribution in [0.1, 0.15) is 74.7 Å². The zero-order chi connectivity index (χ0) is 13.2. The van der Waals surface area contributed by atoms with Crippen LogP contribution in [0.2, 0.25) is 0 Å². The number of carbonyl (C=O) groups is 1. The largest absolute Gasteiger partial charge is 0.299 e. The van der Waals surface area contributed by atoms with Gasteiger partial charge in [0.1, 0.15) is 5.78 Å². The van der Waals surface area contributed by atoms with Gasteiger partial charge in [-0.25, -0.2) is 0 Å². The molecule has 0 aromatic rings. The standard InChI is InChI=1S/C15H30O/c1-9-10-12(16)15(8,14(5,6)7)11-13(2,3)4/h9-11H2,1-8H3. The van der Waals surface area contributed by atoms with Crippen LogP contribution in [0, 0.1) is 16.2 Å². The first-order valence-corrected chi connectivity index (χ1v) is 6.47. The Morgan fingerprint density at radius 2 is 1.38 bits per heavy atom. The summed E-state index contributed by atoms with van der Waals surface area (Å²) < 4.78 is 0. The molecule has 0 aromatic heterocycles. The van der Waals surface area contributed by atoms with E-state index in [4.69, 9.17) is 0 Å². The maximum absolute atomic E-state index is 12.4. The Balaban J connectivity index is 5.13. The van der Waals surface area contributed by atoms with Crippen molar-refractivity contribution in [3.63, 3.8) is 0 Å². The topological polar surface area (TPSA) is 17.1 Å². The van der Waals surface area contributed by atoms with Gasteiger partial charge in [-0.15, -0.1) is 0 Å². The maximum Gasteiger partial charge on any atom is 0.139 e. The fourth-order valence-electron chi connectivity index (χ4n) is 2.35. The SMILES string of the molecule is CCCC(=O)C(C)(CC(C)(C)C)C(C)(C)C. The molecule has 1 unspecified atom stereocenters. The molecule has 0 aliphatic carbocycles. The second-order valence-electron chi connectivity index (χ2n) is 7.49. The van der Waals surface area contributed by atoms with Gasteiger partial charge in [-0.2, -0.15) is 0 Å². The summed E-state index contributed by atoms with van der Waals surface area (Å²) in [5.74, 6) is 0.428. The van der Waals surface area contributed by atoms with Crippen LogP contribution in [-0.2, 0) is 4.79 Å². The maximum atomic E-state index is 12.4. The second-order valence-corrected chi connectivity index (χ2v) is 7.49. The van der Waals surface area contributed by atoms with E-state index in [9.17, 15) is 4.79 Å². The molecule has 0 aliphatic heterocycles. The van der Waals surface area contributed by atoms with Crippen LogP contribution in [0.25, 0.3) is 0 Å². The van der Waals surface area contributed by atoms with Crippen molar-refractivity contribution in [3.8, 4) is 0 Å². The third-order valence-corrected chi connectivity index (χ3v) is 3.63. The molecule has 0 saturated carbocycles. The molecular weight excluding hydrogens is 196 g/mol. The fraction of sp³-hybridized carbons (Fsp3) is 0.933. The summed E-state index contributed by atoms with van der Waals surface area (Å²) in [4.78, 5) is 12.4. The highest BCUT2D eigenvalue weighted by atomic mass is 16.1. The summed E-state index contributed by atoms with van der Waals surface area (Å²) in [5.41, 5.74) is 0.0270. The summed E-state index contributed by atoms with van der Waals surface area (Å²) in [6.45, 7) is 17.4. The van der Waals surface area contributed by atoms with Crippen molar-refractivity contribution >= 4 is 5.78 Å². The Kier molecular flexibility index (Phi) is 4.79. The Morgan fingerprint density at radius 1 is 0.938 bits per heavy atom. The van der Waals surface area contributed by atoms with Crippen LogP contribution in [0.3, 0.4) is 0 Å². The van der Waals surface area contributed by atoms with E-state index in [1.165, 1.54) is 0 Å². The molecule has 96 valence electrons. The van der Waals surface area contributed by atoms with Crippen molar-refractivity contribution in [2.45, 2.75) is 74.7 Å². The Labute approximate surface area is 102 Å². The van der Waals surface area contributed by atoms with Gasteiger partial charge in [0.25, 0.3) is 0 Å². The van der Waals surface area contributed by atoms with Gasteiger partial charge in [0.15, 0.2) is 0 Å². The highest BCUT2D eigenvalue weighted by Crippen LogP contribution is 2.47. The predicted octanol–water partition coefficient (Wildman–Crippen LogP) is 4.84.